The number of carbonyl (C=O) groups is 2. The molecule has 2 heterocycles. The number of amides is 2. The summed E-state index contributed by atoms with van der Waals surface area (Å²) < 4.78 is 0. The van der Waals surface area contributed by atoms with E-state index in [1.54, 1.807) is 19.1 Å². The van der Waals surface area contributed by atoms with Gasteiger partial charge in [-0.2, -0.15) is 0 Å². The molecule has 1 unspecified atom stereocenters. The summed E-state index contributed by atoms with van der Waals surface area (Å²) in [4.78, 5) is 28.2. The first-order valence-electron chi connectivity index (χ1n) is 4.58. The highest BCUT2D eigenvalue weighted by Gasteiger charge is 2.38. The minimum atomic E-state index is -0.282. The van der Waals surface area contributed by atoms with Gasteiger partial charge in [0, 0.05) is 18.5 Å². The topological polar surface area (TPSA) is 50.3 Å². The van der Waals surface area contributed by atoms with Crippen molar-refractivity contribution < 1.29 is 9.59 Å². The number of anilines is 1. The summed E-state index contributed by atoms with van der Waals surface area (Å²) in [5.41, 5.74) is 0. The second kappa shape index (κ2) is 3.62. The first-order valence-corrected chi connectivity index (χ1v) is 4.96. The molecule has 0 saturated carbocycles. The molecule has 2 amide bonds. The van der Waals surface area contributed by atoms with Gasteiger partial charge in [0.1, 0.15) is 0 Å². The van der Waals surface area contributed by atoms with Crippen LogP contribution in [0.5, 0.6) is 0 Å². The highest BCUT2D eigenvalue weighted by Crippen LogP contribution is 2.29. The summed E-state index contributed by atoms with van der Waals surface area (Å²) in [5, 5.41) is 0.313. The Hall–Kier alpha value is -1.42. The first-order chi connectivity index (χ1) is 7.11. The van der Waals surface area contributed by atoms with Crippen molar-refractivity contribution in [2.24, 2.45) is 5.92 Å². The number of carbonyl (C=O) groups excluding carboxylic acids is 2. The lowest BCUT2D eigenvalue weighted by Crippen LogP contribution is -2.31. The van der Waals surface area contributed by atoms with E-state index in [1.807, 2.05) is 0 Å². The number of pyridine rings is 1. The van der Waals surface area contributed by atoms with Crippen LogP contribution < -0.4 is 4.90 Å². The van der Waals surface area contributed by atoms with Crippen LogP contribution in [0, 0.1) is 5.92 Å². The number of rotatable bonds is 1. The molecule has 0 aromatic carbocycles. The summed E-state index contributed by atoms with van der Waals surface area (Å²) in [7, 11) is 0. The van der Waals surface area contributed by atoms with Crippen molar-refractivity contribution in [3.63, 3.8) is 0 Å². The van der Waals surface area contributed by atoms with Gasteiger partial charge < -0.3 is 0 Å². The molecular formula is C10H9ClN2O2. The van der Waals surface area contributed by atoms with E-state index >= 15 is 0 Å². The third-order valence-corrected chi connectivity index (χ3v) is 2.62. The van der Waals surface area contributed by atoms with Gasteiger partial charge >= 0.3 is 0 Å². The Kier molecular flexibility index (Phi) is 2.44. The quantitative estimate of drug-likeness (QED) is 0.682. The zero-order valence-corrected chi connectivity index (χ0v) is 8.86. The van der Waals surface area contributed by atoms with Gasteiger partial charge in [0.15, 0.2) is 5.82 Å². The molecule has 1 atom stereocenters. The lowest BCUT2D eigenvalue weighted by atomic mass is 10.1. The van der Waals surface area contributed by atoms with E-state index in [2.05, 4.69) is 4.98 Å². The number of hydrogen-bond acceptors (Lipinski definition) is 3. The third kappa shape index (κ3) is 1.61. The summed E-state index contributed by atoms with van der Waals surface area (Å²) in [6, 6.07) is 3.26. The van der Waals surface area contributed by atoms with Gasteiger partial charge in [-0.05, 0) is 12.1 Å². The van der Waals surface area contributed by atoms with Crippen molar-refractivity contribution in [3.8, 4) is 0 Å². The molecule has 0 N–H and O–H groups in total. The van der Waals surface area contributed by atoms with Gasteiger partial charge in [0.05, 0.1) is 5.02 Å². The molecule has 1 aliphatic heterocycles. The third-order valence-electron chi connectivity index (χ3n) is 2.32. The van der Waals surface area contributed by atoms with Crippen LogP contribution in [-0.4, -0.2) is 16.8 Å². The minimum Gasteiger partial charge on any atom is -0.274 e. The van der Waals surface area contributed by atoms with Crippen molar-refractivity contribution >= 4 is 29.2 Å². The maximum atomic E-state index is 11.7. The fraction of sp³-hybridized carbons (Fsp3) is 0.300. The molecule has 15 heavy (non-hydrogen) atoms. The van der Waals surface area contributed by atoms with E-state index in [-0.39, 0.29) is 30.0 Å². The second-order valence-corrected chi connectivity index (χ2v) is 3.89. The van der Waals surface area contributed by atoms with Crippen LogP contribution in [-0.2, 0) is 9.59 Å². The van der Waals surface area contributed by atoms with Crippen molar-refractivity contribution in [1.82, 2.24) is 4.98 Å². The molecule has 1 aromatic rings. The fourth-order valence-corrected chi connectivity index (χ4v) is 1.75. The van der Waals surface area contributed by atoms with E-state index in [9.17, 15) is 9.59 Å². The summed E-state index contributed by atoms with van der Waals surface area (Å²) in [6.07, 6.45) is 1.73. The number of aromatic nitrogens is 1. The van der Waals surface area contributed by atoms with Crippen LogP contribution in [0.25, 0.3) is 0 Å². The first kappa shape index (κ1) is 10.1. The van der Waals surface area contributed by atoms with Crippen molar-refractivity contribution in [2.45, 2.75) is 13.3 Å². The van der Waals surface area contributed by atoms with Crippen LogP contribution in [0.3, 0.4) is 0 Å². The highest BCUT2D eigenvalue weighted by atomic mass is 35.5. The van der Waals surface area contributed by atoms with Crippen LogP contribution in [0.15, 0.2) is 18.3 Å². The smallest absolute Gasteiger partial charge is 0.238 e. The van der Waals surface area contributed by atoms with Crippen LogP contribution in [0.2, 0.25) is 5.02 Å². The number of halogens is 1. The van der Waals surface area contributed by atoms with E-state index < -0.39 is 0 Å². The molecule has 0 radical (unpaired) electrons. The predicted octanol–water partition coefficient (Wildman–Crippen LogP) is 1.63. The molecule has 5 heteroatoms. The highest BCUT2D eigenvalue weighted by molar-refractivity contribution is 6.35. The molecule has 1 aromatic heterocycles. The molecule has 2 rings (SSSR count). The lowest BCUT2D eigenvalue weighted by Gasteiger charge is -2.13. The molecule has 4 nitrogen and oxygen atoms in total. The largest absolute Gasteiger partial charge is 0.274 e. The van der Waals surface area contributed by atoms with Crippen LogP contribution >= 0.6 is 11.6 Å². The zero-order valence-electron chi connectivity index (χ0n) is 8.11. The molecule has 78 valence electrons. The summed E-state index contributed by atoms with van der Waals surface area (Å²) in [5.74, 6) is -0.525. The molecule has 1 fully saturated rings. The van der Waals surface area contributed by atoms with Crippen molar-refractivity contribution in [1.29, 1.82) is 0 Å². The number of imide groups is 1. The maximum absolute atomic E-state index is 11.7. The average molecular weight is 225 g/mol. The van der Waals surface area contributed by atoms with E-state index in [0.29, 0.717) is 5.02 Å². The molecule has 1 saturated heterocycles. The van der Waals surface area contributed by atoms with Gasteiger partial charge in [-0.15, -0.1) is 0 Å². The molecule has 0 spiro atoms. The van der Waals surface area contributed by atoms with Crippen molar-refractivity contribution in [2.75, 3.05) is 4.90 Å². The molecule has 0 aliphatic carbocycles. The zero-order chi connectivity index (χ0) is 11.0. The van der Waals surface area contributed by atoms with E-state index in [1.165, 1.54) is 6.20 Å². The standard InChI is InChI=1S/C10H9ClN2O2/c1-6-5-8(14)13(10(6)15)9-7(11)3-2-4-12-9/h2-4,6H,5H2,1H3. The normalized spacial score (nSPS) is 21.2. The van der Waals surface area contributed by atoms with Gasteiger partial charge in [-0.3, -0.25) is 9.59 Å². The van der Waals surface area contributed by atoms with E-state index in [0.717, 1.165) is 4.90 Å². The van der Waals surface area contributed by atoms with E-state index in [4.69, 9.17) is 11.6 Å². The Labute approximate surface area is 91.9 Å². The Bertz CT molecular complexity index is 433. The molecule has 0 bridgehead atoms. The maximum Gasteiger partial charge on any atom is 0.238 e. The number of nitrogens with zero attached hydrogens (tertiary/aromatic N) is 2. The fourth-order valence-electron chi connectivity index (χ4n) is 1.55. The van der Waals surface area contributed by atoms with Crippen LogP contribution in [0.4, 0.5) is 5.82 Å². The monoisotopic (exact) mass is 224 g/mol. The Morgan fingerprint density at radius 1 is 1.53 bits per heavy atom. The van der Waals surface area contributed by atoms with Gasteiger partial charge in [-0.1, -0.05) is 18.5 Å². The average Bonchev–Trinajstić information content (AvgIpc) is 2.43. The molecular weight excluding hydrogens is 216 g/mol. The van der Waals surface area contributed by atoms with Crippen LogP contribution in [0.1, 0.15) is 13.3 Å². The minimum absolute atomic E-state index is 0.228. The second-order valence-electron chi connectivity index (χ2n) is 3.48. The SMILES string of the molecule is CC1CC(=O)N(c2ncccc2Cl)C1=O. The Morgan fingerprint density at radius 3 is 2.80 bits per heavy atom. The lowest BCUT2D eigenvalue weighted by molar-refractivity contribution is -0.122. The predicted molar refractivity (Wildman–Crippen MR) is 55.5 cm³/mol. The molecule has 1 aliphatic rings. The summed E-state index contributed by atoms with van der Waals surface area (Å²) in [6.45, 7) is 1.72. The number of hydrogen-bond donors (Lipinski definition) is 0. The van der Waals surface area contributed by atoms with Gasteiger partial charge in [0.25, 0.3) is 0 Å². The Balaban J connectivity index is 2.44. The van der Waals surface area contributed by atoms with Gasteiger partial charge in [0.2, 0.25) is 11.8 Å². The van der Waals surface area contributed by atoms with Crippen molar-refractivity contribution in [3.05, 3.63) is 23.4 Å². The van der Waals surface area contributed by atoms with Gasteiger partial charge in [-0.25, -0.2) is 9.88 Å². The summed E-state index contributed by atoms with van der Waals surface area (Å²) >= 11 is 5.87. The Morgan fingerprint density at radius 2 is 2.27 bits per heavy atom.